The Morgan fingerprint density at radius 1 is 0.646 bits per heavy atom. The number of nitrogens with one attached hydrogen (secondary N) is 2. The summed E-state index contributed by atoms with van der Waals surface area (Å²) in [4.78, 5) is 38.1. The first-order chi connectivity index (χ1) is 23.4. The fraction of sp³-hybridized carbons (Fsp3) is 0.150. The number of para-hydroxylation sites is 2. The summed E-state index contributed by atoms with van der Waals surface area (Å²) in [5.74, 6) is 0.524. The third kappa shape index (κ3) is 5.18. The predicted molar refractivity (Wildman–Crippen MR) is 194 cm³/mol. The topological polar surface area (TPSA) is 94.4 Å². The van der Waals surface area contributed by atoms with Crippen LogP contribution in [0.4, 0.5) is 22.7 Å². The van der Waals surface area contributed by atoms with Crippen molar-refractivity contribution in [3.8, 4) is 0 Å². The number of nitrogens with zero attached hydrogens (tertiary/aromatic N) is 2. The molecule has 0 aliphatic heterocycles. The zero-order valence-electron chi connectivity index (χ0n) is 27.0. The van der Waals surface area contributed by atoms with Crippen molar-refractivity contribution in [2.75, 3.05) is 17.2 Å². The molecule has 7 aromatic rings. The Balaban J connectivity index is 1.35. The number of anilines is 4. The normalized spacial score (nSPS) is 11.2. The van der Waals surface area contributed by atoms with E-state index in [2.05, 4.69) is 57.9 Å². The van der Waals surface area contributed by atoms with Gasteiger partial charge in [-0.3, -0.25) is 4.79 Å². The van der Waals surface area contributed by atoms with E-state index >= 15 is 0 Å². The van der Waals surface area contributed by atoms with Gasteiger partial charge in [-0.2, -0.15) is 0 Å². The third-order valence-corrected chi connectivity index (χ3v) is 8.84. The second-order valence-electron chi connectivity index (χ2n) is 11.5. The molecule has 238 valence electrons. The number of ketones is 1. The molecular weight excluding hydrogens is 600 g/mol. The molecule has 0 amide bonds. The molecule has 0 aliphatic rings. The van der Waals surface area contributed by atoms with Gasteiger partial charge in [-0.1, -0.05) is 36.4 Å². The van der Waals surface area contributed by atoms with Crippen LogP contribution >= 0.6 is 0 Å². The molecule has 0 unspecified atom stereocenters. The van der Waals surface area contributed by atoms with Crippen LogP contribution < -0.4 is 10.6 Å². The Hall–Kier alpha value is -6.11. The number of hydrogen-bond acceptors (Lipinski definition) is 6. The molecule has 7 rings (SSSR count). The van der Waals surface area contributed by atoms with Gasteiger partial charge in [0.15, 0.2) is 5.78 Å². The Morgan fingerprint density at radius 3 is 1.62 bits per heavy atom. The van der Waals surface area contributed by atoms with E-state index in [0.717, 1.165) is 74.2 Å². The van der Waals surface area contributed by atoms with Crippen LogP contribution in [0.2, 0.25) is 0 Å². The zero-order valence-corrected chi connectivity index (χ0v) is 27.0. The standard InChI is InChI=1S/C40H34N4O4/c1-4-43-35-13-9-7-11-27(35)29-21-25(15-17-37(29)43)41-33-24-32(40(47)48-6-3)34(23-31(33)39(46)19-20-45)42-26-16-18-38-30(22-26)28-12-8-10-14-36(28)44(38)5-2/h7-19,21-24,41-42H,4-6H2,1-3H3. The van der Waals surface area contributed by atoms with Gasteiger partial charge in [-0.05, 0) is 81.4 Å². The highest BCUT2D eigenvalue weighted by molar-refractivity contribution is 6.15. The minimum atomic E-state index is -0.545. The SMILES string of the molecule is CCOC(=O)c1cc(Nc2ccc3c(c2)c2ccccc2n3CC)c(C(=O)C=C=O)cc1Nc1ccc2c(c1)c1ccccc1n2CC. The average molecular weight is 635 g/mol. The van der Waals surface area contributed by atoms with E-state index in [1.54, 1.807) is 25.0 Å². The molecule has 0 atom stereocenters. The highest BCUT2D eigenvalue weighted by Crippen LogP contribution is 2.36. The highest BCUT2D eigenvalue weighted by Gasteiger charge is 2.21. The lowest BCUT2D eigenvalue weighted by Crippen LogP contribution is -2.11. The molecule has 0 saturated heterocycles. The molecule has 2 aromatic heterocycles. The summed E-state index contributed by atoms with van der Waals surface area (Å²) in [6, 6.07) is 31.7. The number of carbonyl (C=O) groups excluding carboxylic acids is 3. The van der Waals surface area contributed by atoms with Crippen molar-refractivity contribution in [1.29, 1.82) is 0 Å². The van der Waals surface area contributed by atoms with Crippen molar-refractivity contribution in [3.05, 3.63) is 114 Å². The monoisotopic (exact) mass is 634 g/mol. The molecule has 0 bridgehead atoms. The molecule has 5 aromatic carbocycles. The Labute approximate surface area is 277 Å². The Morgan fingerprint density at radius 2 is 1.12 bits per heavy atom. The lowest BCUT2D eigenvalue weighted by atomic mass is 10.0. The van der Waals surface area contributed by atoms with Gasteiger partial charge in [-0.15, -0.1) is 0 Å². The van der Waals surface area contributed by atoms with E-state index in [4.69, 9.17) is 4.74 Å². The number of esters is 1. The molecule has 0 spiro atoms. The van der Waals surface area contributed by atoms with Crippen LogP contribution in [0, 0.1) is 0 Å². The maximum absolute atomic E-state index is 13.4. The summed E-state index contributed by atoms with van der Waals surface area (Å²) in [5, 5.41) is 11.1. The van der Waals surface area contributed by atoms with Crippen molar-refractivity contribution in [1.82, 2.24) is 9.13 Å². The van der Waals surface area contributed by atoms with E-state index in [1.165, 1.54) is 0 Å². The first kappa shape index (κ1) is 30.5. The largest absolute Gasteiger partial charge is 0.462 e. The van der Waals surface area contributed by atoms with Gasteiger partial charge >= 0.3 is 5.97 Å². The molecule has 2 N–H and O–H groups in total. The minimum absolute atomic E-state index is 0.177. The van der Waals surface area contributed by atoms with E-state index in [1.807, 2.05) is 60.7 Å². The van der Waals surface area contributed by atoms with Crippen molar-refractivity contribution in [2.24, 2.45) is 0 Å². The minimum Gasteiger partial charge on any atom is -0.462 e. The summed E-state index contributed by atoms with van der Waals surface area (Å²) in [6.45, 7) is 7.80. The fourth-order valence-electron chi connectivity index (χ4n) is 6.77. The van der Waals surface area contributed by atoms with Crippen molar-refractivity contribution in [2.45, 2.75) is 33.9 Å². The predicted octanol–water partition coefficient (Wildman–Crippen LogP) is 9.18. The first-order valence-electron chi connectivity index (χ1n) is 16.1. The van der Waals surface area contributed by atoms with Gasteiger partial charge in [0.2, 0.25) is 0 Å². The number of allylic oxidation sites excluding steroid dienone is 1. The Bertz CT molecular complexity index is 2450. The molecule has 8 nitrogen and oxygen atoms in total. The van der Waals surface area contributed by atoms with Crippen LogP contribution in [-0.2, 0) is 22.6 Å². The molecule has 8 heteroatoms. The molecule has 0 saturated carbocycles. The lowest BCUT2D eigenvalue weighted by molar-refractivity contribution is 0.0527. The third-order valence-electron chi connectivity index (χ3n) is 8.84. The summed E-state index contributed by atoms with van der Waals surface area (Å²) in [6.07, 6.45) is 0.859. The van der Waals surface area contributed by atoms with E-state index in [9.17, 15) is 14.4 Å². The van der Waals surface area contributed by atoms with Gasteiger partial charge in [-0.25, -0.2) is 9.59 Å². The summed E-state index contributed by atoms with van der Waals surface area (Å²) in [5.41, 5.74) is 7.10. The quantitative estimate of drug-likeness (QED) is 0.0674. The number of rotatable bonds is 10. The van der Waals surface area contributed by atoms with Crippen LogP contribution in [0.5, 0.6) is 0 Å². The van der Waals surface area contributed by atoms with Crippen LogP contribution in [0.15, 0.2) is 103 Å². The van der Waals surface area contributed by atoms with Crippen LogP contribution in [0.3, 0.4) is 0 Å². The number of ether oxygens (including phenoxy) is 1. The van der Waals surface area contributed by atoms with Gasteiger partial charge in [0.05, 0.1) is 29.6 Å². The van der Waals surface area contributed by atoms with E-state index in [0.29, 0.717) is 11.4 Å². The average Bonchev–Trinajstić information content (AvgIpc) is 3.60. The number of carbonyl (C=O) groups is 2. The molecule has 0 fully saturated rings. The van der Waals surface area contributed by atoms with Crippen LogP contribution in [0.1, 0.15) is 41.5 Å². The van der Waals surface area contributed by atoms with Gasteiger partial charge in [0.25, 0.3) is 0 Å². The smallest absolute Gasteiger partial charge is 0.340 e. The number of benzene rings is 5. The summed E-state index contributed by atoms with van der Waals surface area (Å²) < 4.78 is 9.98. The zero-order chi connectivity index (χ0) is 33.4. The second kappa shape index (κ2) is 12.6. The Kier molecular flexibility index (Phi) is 8.01. The highest BCUT2D eigenvalue weighted by atomic mass is 16.5. The molecule has 0 radical (unpaired) electrons. The van der Waals surface area contributed by atoms with Gasteiger partial charge < -0.3 is 24.5 Å². The molecule has 0 aliphatic carbocycles. The maximum atomic E-state index is 13.4. The van der Waals surface area contributed by atoms with Gasteiger partial charge in [0.1, 0.15) is 5.94 Å². The van der Waals surface area contributed by atoms with Gasteiger partial charge in [0, 0.05) is 73.6 Å². The fourth-order valence-corrected chi connectivity index (χ4v) is 6.77. The van der Waals surface area contributed by atoms with Crippen LogP contribution in [-0.4, -0.2) is 33.4 Å². The first-order valence-corrected chi connectivity index (χ1v) is 16.1. The number of hydrogen-bond donors (Lipinski definition) is 2. The number of aryl methyl sites for hydroxylation is 2. The summed E-state index contributed by atoms with van der Waals surface area (Å²) in [7, 11) is 0. The maximum Gasteiger partial charge on any atom is 0.340 e. The molecule has 48 heavy (non-hydrogen) atoms. The second-order valence-corrected chi connectivity index (χ2v) is 11.5. The van der Waals surface area contributed by atoms with Crippen LogP contribution in [0.25, 0.3) is 43.6 Å². The van der Waals surface area contributed by atoms with Crippen molar-refractivity contribution < 1.29 is 19.1 Å². The number of aromatic nitrogens is 2. The van der Waals surface area contributed by atoms with Crippen molar-refractivity contribution >= 4 is 84.1 Å². The molecular formula is C40H34N4O4. The lowest BCUT2D eigenvalue weighted by Gasteiger charge is -2.18. The molecule has 2 heterocycles. The summed E-state index contributed by atoms with van der Waals surface area (Å²) >= 11 is 0. The van der Waals surface area contributed by atoms with E-state index < -0.39 is 11.8 Å². The van der Waals surface area contributed by atoms with E-state index in [-0.39, 0.29) is 17.7 Å². The van der Waals surface area contributed by atoms with Crippen molar-refractivity contribution in [3.63, 3.8) is 0 Å². The number of fused-ring (bicyclic) bond motifs is 6.